The second-order valence-corrected chi connectivity index (χ2v) is 7.36. The molecule has 0 unspecified atom stereocenters. The van der Waals surface area contributed by atoms with E-state index in [2.05, 4.69) is 15.6 Å². The first-order chi connectivity index (χ1) is 12.1. The normalized spacial score (nSPS) is 16.2. The minimum Gasteiger partial charge on any atom is -0.362 e. The molecule has 1 saturated carbocycles. The number of halogens is 2. The summed E-state index contributed by atoms with van der Waals surface area (Å²) in [6, 6.07) is 10.4. The van der Waals surface area contributed by atoms with Crippen molar-refractivity contribution >= 4 is 34.7 Å². The minimum absolute atomic E-state index is 0.00881. The van der Waals surface area contributed by atoms with E-state index in [1.54, 1.807) is 30.5 Å². The van der Waals surface area contributed by atoms with Crippen LogP contribution in [0.4, 0.5) is 10.2 Å². The number of hydrogen-bond donors (Lipinski definition) is 2. The van der Waals surface area contributed by atoms with Gasteiger partial charge in [-0.25, -0.2) is 9.37 Å². The third-order valence-corrected chi connectivity index (χ3v) is 5.29. The smallest absolute Gasteiger partial charge is 0.171 e. The van der Waals surface area contributed by atoms with Gasteiger partial charge in [-0.15, -0.1) is 0 Å². The highest BCUT2D eigenvalue weighted by Crippen LogP contribution is 2.39. The molecule has 25 heavy (non-hydrogen) atoms. The van der Waals surface area contributed by atoms with Gasteiger partial charge in [-0.1, -0.05) is 43.0 Å². The first-order valence-electron chi connectivity index (χ1n) is 8.50. The van der Waals surface area contributed by atoms with Crippen LogP contribution in [0.5, 0.6) is 0 Å². The van der Waals surface area contributed by atoms with E-state index < -0.39 is 0 Å². The van der Waals surface area contributed by atoms with E-state index in [1.165, 1.54) is 24.8 Å². The van der Waals surface area contributed by atoms with Gasteiger partial charge < -0.3 is 10.6 Å². The largest absolute Gasteiger partial charge is 0.362 e. The molecular formula is C19H21ClFN3S. The van der Waals surface area contributed by atoms with Crippen molar-refractivity contribution in [3.05, 3.63) is 59.0 Å². The quantitative estimate of drug-likeness (QED) is 0.730. The molecule has 1 aliphatic carbocycles. The Hall–Kier alpha value is -1.72. The number of benzene rings is 1. The molecule has 3 nitrogen and oxygen atoms in total. The molecule has 0 atom stereocenters. The number of nitrogens with zero attached hydrogens (tertiary/aromatic N) is 1. The Bertz CT molecular complexity index is 712. The molecule has 0 amide bonds. The molecular weight excluding hydrogens is 357 g/mol. The fourth-order valence-electron chi connectivity index (χ4n) is 3.46. The summed E-state index contributed by atoms with van der Waals surface area (Å²) in [5.74, 6) is 0.454. The zero-order valence-electron chi connectivity index (χ0n) is 13.9. The summed E-state index contributed by atoms with van der Waals surface area (Å²) in [4.78, 5) is 4.19. The van der Waals surface area contributed by atoms with Gasteiger partial charge in [0.25, 0.3) is 0 Å². The van der Waals surface area contributed by atoms with E-state index in [4.69, 9.17) is 23.8 Å². The average molecular weight is 378 g/mol. The second kappa shape index (κ2) is 8.11. The molecule has 132 valence electrons. The summed E-state index contributed by atoms with van der Waals surface area (Å²) >= 11 is 11.2. The fraction of sp³-hybridized carbons (Fsp3) is 0.368. The number of thiocarbonyl (C=S) groups is 1. The molecule has 2 aromatic rings. The van der Waals surface area contributed by atoms with Crippen LogP contribution in [0.1, 0.15) is 37.7 Å². The number of anilines is 1. The summed E-state index contributed by atoms with van der Waals surface area (Å²) in [7, 11) is 0. The van der Waals surface area contributed by atoms with E-state index in [1.807, 2.05) is 12.1 Å². The van der Waals surface area contributed by atoms with Crippen LogP contribution < -0.4 is 10.6 Å². The van der Waals surface area contributed by atoms with E-state index in [9.17, 15) is 4.39 Å². The van der Waals surface area contributed by atoms with Crippen molar-refractivity contribution in [1.82, 2.24) is 10.3 Å². The van der Waals surface area contributed by atoms with E-state index in [0.29, 0.717) is 16.0 Å². The molecule has 1 fully saturated rings. The number of nitrogens with one attached hydrogen (secondary N) is 2. The SMILES string of the molecule is Fc1ccc(C2(CNC(=S)Nc3ccc(Cl)cn3)CCCCC2)cc1. The molecule has 0 radical (unpaired) electrons. The number of hydrogen-bond acceptors (Lipinski definition) is 2. The van der Waals surface area contributed by atoms with Gasteiger partial charge in [0.1, 0.15) is 11.6 Å². The predicted octanol–water partition coefficient (Wildman–Crippen LogP) is 5.06. The Morgan fingerprint density at radius 1 is 1.12 bits per heavy atom. The van der Waals surface area contributed by atoms with Crippen LogP contribution in [-0.4, -0.2) is 16.6 Å². The monoisotopic (exact) mass is 377 g/mol. The Morgan fingerprint density at radius 2 is 1.84 bits per heavy atom. The van der Waals surface area contributed by atoms with E-state index in [-0.39, 0.29) is 11.2 Å². The molecule has 0 bridgehead atoms. The first-order valence-corrected chi connectivity index (χ1v) is 9.29. The Labute approximate surface area is 158 Å². The first kappa shape index (κ1) is 18.1. The molecule has 6 heteroatoms. The maximum absolute atomic E-state index is 13.3. The molecule has 1 aromatic heterocycles. The van der Waals surface area contributed by atoms with Gasteiger partial charge in [-0.2, -0.15) is 0 Å². The van der Waals surface area contributed by atoms with Crippen molar-refractivity contribution in [3.8, 4) is 0 Å². The number of pyridine rings is 1. The lowest BCUT2D eigenvalue weighted by Gasteiger charge is -2.38. The Kier molecular flexibility index (Phi) is 5.86. The van der Waals surface area contributed by atoms with Crippen LogP contribution in [0, 0.1) is 5.82 Å². The third kappa shape index (κ3) is 4.67. The van der Waals surface area contributed by atoms with Crippen LogP contribution in [0.15, 0.2) is 42.6 Å². The van der Waals surface area contributed by atoms with Crippen molar-refractivity contribution < 1.29 is 4.39 Å². The lowest BCUT2D eigenvalue weighted by atomic mass is 9.69. The molecule has 3 rings (SSSR count). The molecule has 1 aliphatic rings. The maximum Gasteiger partial charge on any atom is 0.171 e. The molecule has 0 spiro atoms. The summed E-state index contributed by atoms with van der Waals surface area (Å²) in [5, 5.41) is 7.51. The van der Waals surface area contributed by atoms with Gasteiger partial charge in [0.2, 0.25) is 0 Å². The zero-order chi connectivity index (χ0) is 17.7. The van der Waals surface area contributed by atoms with Crippen LogP contribution >= 0.6 is 23.8 Å². The van der Waals surface area contributed by atoms with Crippen LogP contribution in [0.25, 0.3) is 0 Å². The lowest BCUT2D eigenvalue weighted by molar-refractivity contribution is 0.292. The van der Waals surface area contributed by atoms with Gasteiger partial charge >= 0.3 is 0 Å². The highest BCUT2D eigenvalue weighted by molar-refractivity contribution is 7.80. The second-order valence-electron chi connectivity index (χ2n) is 6.52. The zero-order valence-corrected chi connectivity index (χ0v) is 15.5. The van der Waals surface area contributed by atoms with E-state index in [0.717, 1.165) is 19.4 Å². The van der Waals surface area contributed by atoms with Gasteiger partial charge in [0.15, 0.2) is 5.11 Å². The maximum atomic E-state index is 13.3. The molecule has 1 heterocycles. The number of aromatic nitrogens is 1. The molecule has 2 N–H and O–H groups in total. The van der Waals surface area contributed by atoms with Crippen molar-refractivity contribution in [3.63, 3.8) is 0 Å². The van der Waals surface area contributed by atoms with Crippen molar-refractivity contribution in [1.29, 1.82) is 0 Å². The standard InChI is InChI=1S/C19H21ClFN3S/c20-15-6-9-17(22-12-15)24-18(25)23-13-19(10-2-1-3-11-19)14-4-7-16(21)8-5-14/h4-9,12H,1-3,10-11,13H2,(H2,22,23,24,25). The summed E-state index contributed by atoms with van der Waals surface area (Å²) in [6.07, 6.45) is 7.34. The third-order valence-electron chi connectivity index (χ3n) is 4.82. The highest BCUT2D eigenvalue weighted by Gasteiger charge is 2.33. The summed E-state index contributed by atoms with van der Waals surface area (Å²) < 4.78 is 13.3. The lowest BCUT2D eigenvalue weighted by Crippen LogP contribution is -2.43. The fourth-order valence-corrected chi connectivity index (χ4v) is 3.75. The van der Waals surface area contributed by atoms with Crippen molar-refractivity contribution in [2.45, 2.75) is 37.5 Å². The minimum atomic E-state index is -0.200. The molecule has 0 aliphatic heterocycles. The van der Waals surface area contributed by atoms with Crippen molar-refractivity contribution in [2.75, 3.05) is 11.9 Å². The topological polar surface area (TPSA) is 37.0 Å². The molecule has 0 saturated heterocycles. The molecule has 1 aromatic carbocycles. The van der Waals surface area contributed by atoms with Crippen LogP contribution in [0.2, 0.25) is 5.02 Å². The summed E-state index contributed by atoms with van der Waals surface area (Å²) in [6.45, 7) is 0.720. The van der Waals surface area contributed by atoms with Crippen LogP contribution in [-0.2, 0) is 5.41 Å². The van der Waals surface area contributed by atoms with Crippen molar-refractivity contribution in [2.24, 2.45) is 0 Å². The Balaban J connectivity index is 1.67. The average Bonchev–Trinajstić information content (AvgIpc) is 2.63. The van der Waals surface area contributed by atoms with Gasteiger partial charge in [0, 0.05) is 18.2 Å². The summed E-state index contributed by atoms with van der Waals surface area (Å²) in [5.41, 5.74) is 1.17. The highest BCUT2D eigenvalue weighted by atomic mass is 35.5. The predicted molar refractivity (Wildman–Crippen MR) is 105 cm³/mol. The van der Waals surface area contributed by atoms with Gasteiger partial charge in [0.05, 0.1) is 5.02 Å². The number of rotatable bonds is 4. The van der Waals surface area contributed by atoms with Gasteiger partial charge in [-0.05, 0) is 54.9 Å². The van der Waals surface area contributed by atoms with Gasteiger partial charge in [-0.3, -0.25) is 0 Å². The Morgan fingerprint density at radius 3 is 2.48 bits per heavy atom. The van der Waals surface area contributed by atoms with E-state index >= 15 is 0 Å². The van der Waals surface area contributed by atoms with Crippen LogP contribution in [0.3, 0.4) is 0 Å².